The molecule has 0 saturated heterocycles. The number of benzene rings is 2. The van der Waals surface area contributed by atoms with Gasteiger partial charge in [-0.1, -0.05) is 17.7 Å². The molecule has 3 rings (SSSR count). The summed E-state index contributed by atoms with van der Waals surface area (Å²) in [5, 5.41) is 10.8. The summed E-state index contributed by atoms with van der Waals surface area (Å²) in [5.41, 5.74) is 3.17. The van der Waals surface area contributed by atoms with E-state index >= 15 is 0 Å². The number of nitrogens with zero attached hydrogens (tertiary/aromatic N) is 1. The summed E-state index contributed by atoms with van der Waals surface area (Å²) in [6.07, 6.45) is 0. The lowest BCUT2D eigenvalue weighted by Crippen LogP contribution is -2.21. The molecule has 0 amide bonds. The molecule has 0 fully saturated rings. The van der Waals surface area contributed by atoms with Crippen molar-refractivity contribution in [1.29, 1.82) is 0 Å². The fourth-order valence-corrected chi connectivity index (χ4v) is 1.87. The van der Waals surface area contributed by atoms with Gasteiger partial charge in [-0.15, -0.1) is 0 Å². The van der Waals surface area contributed by atoms with Crippen LogP contribution in [0.25, 0.3) is 22.6 Å². The van der Waals surface area contributed by atoms with E-state index in [4.69, 9.17) is 4.42 Å². The van der Waals surface area contributed by atoms with Crippen molar-refractivity contribution in [3.63, 3.8) is 0 Å². The van der Waals surface area contributed by atoms with Crippen LogP contribution in [0.1, 0.15) is 15.9 Å². The van der Waals surface area contributed by atoms with Crippen LogP contribution in [0.4, 0.5) is 0 Å². The Morgan fingerprint density at radius 2 is 1.89 bits per heavy atom. The number of aromatic carboxylic acids is 1. The van der Waals surface area contributed by atoms with E-state index in [0.29, 0.717) is 17.0 Å². The normalized spacial score (nSPS) is 10.8. The maximum absolute atomic E-state index is 10.8. The van der Waals surface area contributed by atoms with Crippen LogP contribution in [-0.2, 0) is 0 Å². The van der Waals surface area contributed by atoms with Gasteiger partial charge in [-0.3, -0.25) is 0 Å². The molecule has 4 nitrogen and oxygen atoms in total. The molecule has 0 saturated carbocycles. The molecule has 19 heavy (non-hydrogen) atoms. The third-order valence-corrected chi connectivity index (χ3v) is 2.92. The molecule has 1 heterocycles. The molecule has 0 aliphatic heterocycles. The highest BCUT2D eigenvalue weighted by Crippen LogP contribution is 2.25. The van der Waals surface area contributed by atoms with Crippen molar-refractivity contribution in [2.45, 2.75) is 6.92 Å². The third kappa shape index (κ3) is 2.08. The molecular formula is C15H10NO3-. The monoisotopic (exact) mass is 252 g/mol. The fourth-order valence-electron chi connectivity index (χ4n) is 1.87. The highest BCUT2D eigenvalue weighted by atomic mass is 16.4. The van der Waals surface area contributed by atoms with E-state index in [1.54, 1.807) is 6.07 Å². The Morgan fingerprint density at radius 1 is 1.16 bits per heavy atom. The van der Waals surface area contributed by atoms with Crippen LogP contribution in [0.15, 0.2) is 46.9 Å². The second kappa shape index (κ2) is 4.24. The first kappa shape index (κ1) is 11.5. The summed E-state index contributed by atoms with van der Waals surface area (Å²) >= 11 is 0. The number of hydrogen-bond acceptors (Lipinski definition) is 4. The van der Waals surface area contributed by atoms with Crippen LogP contribution in [-0.4, -0.2) is 11.0 Å². The lowest BCUT2D eigenvalue weighted by atomic mass is 10.1. The summed E-state index contributed by atoms with van der Waals surface area (Å²) < 4.78 is 5.60. The fraction of sp³-hybridized carbons (Fsp3) is 0.0667. The molecule has 94 valence electrons. The lowest BCUT2D eigenvalue weighted by molar-refractivity contribution is -0.255. The van der Waals surface area contributed by atoms with Gasteiger partial charge in [0, 0.05) is 5.56 Å². The summed E-state index contributed by atoms with van der Waals surface area (Å²) in [6, 6.07) is 12.3. The van der Waals surface area contributed by atoms with E-state index < -0.39 is 5.97 Å². The standard InChI is InChI=1S/C15H11NO3/c1-9-2-4-10(5-3-9)14-16-12-8-11(15(17)18)6-7-13(12)19-14/h2-8H,1H3,(H,17,18)/p-1. The van der Waals surface area contributed by atoms with Gasteiger partial charge in [0.2, 0.25) is 5.89 Å². The molecule has 0 aliphatic rings. The van der Waals surface area contributed by atoms with Crippen molar-refractivity contribution in [2.24, 2.45) is 0 Å². The van der Waals surface area contributed by atoms with Crippen LogP contribution < -0.4 is 5.11 Å². The van der Waals surface area contributed by atoms with E-state index in [0.717, 1.165) is 11.1 Å². The number of aromatic nitrogens is 1. The highest BCUT2D eigenvalue weighted by Gasteiger charge is 2.08. The SMILES string of the molecule is Cc1ccc(-c2nc3cc(C(=O)[O-])ccc3o2)cc1. The van der Waals surface area contributed by atoms with Gasteiger partial charge >= 0.3 is 0 Å². The Hall–Kier alpha value is -2.62. The zero-order valence-electron chi connectivity index (χ0n) is 10.2. The van der Waals surface area contributed by atoms with E-state index in [9.17, 15) is 9.90 Å². The number of rotatable bonds is 2. The Morgan fingerprint density at radius 3 is 2.58 bits per heavy atom. The van der Waals surface area contributed by atoms with E-state index in [1.807, 2.05) is 31.2 Å². The molecule has 0 N–H and O–H groups in total. The van der Waals surface area contributed by atoms with Gasteiger partial charge in [0.15, 0.2) is 5.58 Å². The number of carbonyl (C=O) groups excluding carboxylic acids is 1. The lowest BCUT2D eigenvalue weighted by Gasteiger charge is -1.99. The summed E-state index contributed by atoms with van der Waals surface area (Å²) in [5.74, 6) is -0.743. The molecule has 0 bridgehead atoms. The predicted molar refractivity (Wildman–Crippen MR) is 68.5 cm³/mol. The van der Waals surface area contributed by atoms with E-state index in [-0.39, 0.29) is 5.56 Å². The molecular weight excluding hydrogens is 242 g/mol. The first-order valence-electron chi connectivity index (χ1n) is 5.82. The summed E-state index contributed by atoms with van der Waals surface area (Å²) in [4.78, 5) is 15.1. The van der Waals surface area contributed by atoms with Crippen molar-refractivity contribution in [3.05, 3.63) is 53.6 Å². The Kier molecular flexibility index (Phi) is 2.56. The molecule has 1 aromatic heterocycles. The van der Waals surface area contributed by atoms with E-state index in [1.165, 1.54) is 12.1 Å². The van der Waals surface area contributed by atoms with Crippen molar-refractivity contribution in [3.8, 4) is 11.5 Å². The van der Waals surface area contributed by atoms with Gasteiger partial charge in [-0.2, -0.15) is 0 Å². The van der Waals surface area contributed by atoms with E-state index in [2.05, 4.69) is 4.98 Å². The first-order chi connectivity index (χ1) is 9.13. The maximum atomic E-state index is 10.8. The number of fused-ring (bicyclic) bond motifs is 1. The smallest absolute Gasteiger partial charge is 0.227 e. The van der Waals surface area contributed by atoms with Crippen molar-refractivity contribution >= 4 is 17.1 Å². The molecule has 0 atom stereocenters. The first-order valence-corrected chi connectivity index (χ1v) is 5.82. The maximum Gasteiger partial charge on any atom is 0.227 e. The minimum Gasteiger partial charge on any atom is -0.545 e. The van der Waals surface area contributed by atoms with Gasteiger partial charge in [0.1, 0.15) is 5.52 Å². The Labute approximate surface area is 109 Å². The van der Waals surface area contributed by atoms with Crippen LogP contribution >= 0.6 is 0 Å². The van der Waals surface area contributed by atoms with Gasteiger partial charge < -0.3 is 14.3 Å². The second-order valence-corrected chi connectivity index (χ2v) is 4.36. The number of aryl methyl sites for hydroxylation is 1. The van der Waals surface area contributed by atoms with Crippen molar-refractivity contribution in [2.75, 3.05) is 0 Å². The predicted octanol–water partition coefficient (Wildman–Crippen LogP) is 2.17. The Balaban J connectivity index is 2.11. The number of carboxylic acids is 1. The van der Waals surface area contributed by atoms with Crippen LogP contribution in [0.3, 0.4) is 0 Å². The Bertz CT molecular complexity index is 757. The van der Waals surface area contributed by atoms with Crippen molar-refractivity contribution in [1.82, 2.24) is 4.98 Å². The molecule has 0 unspecified atom stereocenters. The van der Waals surface area contributed by atoms with Gasteiger partial charge in [-0.05, 0) is 42.8 Å². The molecule has 0 aliphatic carbocycles. The summed E-state index contributed by atoms with van der Waals surface area (Å²) in [6.45, 7) is 2.00. The minimum atomic E-state index is -1.22. The largest absolute Gasteiger partial charge is 0.545 e. The molecule has 0 radical (unpaired) electrons. The quantitative estimate of drug-likeness (QED) is 0.701. The number of carboxylic acid groups (broad SMARTS) is 1. The number of oxazole rings is 1. The zero-order chi connectivity index (χ0) is 13.4. The van der Waals surface area contributed by atoms with Crippen molar-refractivity contribution < 1.29 is 14.3 Å². The summed E-state index contributed by atoms with van der Waals surface area (Å²) in [7, 11) is 0. The van der Waals surface area contributed by atoms with Gasteiger partial charge in [-0.25, -0.2) is 4.98 Å². The average Bonchev–Trinajstić information content (AvgIpc) is 2.82. The molecule has 0 spiro atoms. The highest BCUT2D eigenvalue weighted by molar-refractivity contribution is 5.91. The van der Waals surface area contributed by atoms with Crippen LogP contribution in [0, 0.1) is 6.92 Å². The minimum absolute atomic E-state index is 0.0938. The van der Waals surface area contributed by atoms with Crippen LogP contribution in [0.5, 0.6) is 0 Å². The topological polar surface area (TPSA) is 66.2 Å². The van der Waals surface area contributed by atoms with Gasteiger partial charge in [0.25, 0.3) is 0 Å². The van der Waals surface area contributed by atoms with Crippen LogP contribution in [0.2, 0.25) is 0 Å². The third-order valence-electron chi connectivity index (χ3n) is 2.92. The second-order valence-electron chi connectivity index (χ2n) is 4.36. The number of carbonyl (C=O) groups is 1. The number of hydrogen-bond donors (Lipinski definition) is 0. The zero-order valence-corrected chi connectivity index (χ0v) is 10.2. The van der Waals surface area contributed by atoms with Gasteiger partial charge in [0.05, 0.1) is 5.97 Å². The molecule has 2 aromatic carbocycles. The molecule has 3 aromatic rings. The molecule has 4 heteroatoms. The average molecular weight is 252 g/mol.